The van der Waals surface area contributed by atoms with Gasteiger partial charge in [0.1, 0.15) is 6.10 Å². The number of anilines is 1. The molecule has 0 unspecified atom stereocenters. The summed E-state index contributed by atoms with van der Waals surface area (Å²) in [6.45, 7) is 1.12. The van der Waals surface area contributed by atoms with E-state index in [0.29, 0.717) is 11.9 Å². The molecule has 3 heterocycles. The van der Waals surface area contributed by atoms with Gasteiger partial charge in [-0.05, 0) is 32.1 Å². The van der Waals surface area contributed by atoms with Gasteiger partial charge >= 0.3 is 0 Å². The Morgan fingerprint density at radius 3 is 2.86 bits per heavy atom. The van der Waals surface area contributed by atoms with Crippen LogP contribution in [0.1, 0.15) is 38.5 Å². The van der Waals surface area contributed by atoms with E-state index in [1.54, 1.807) is 18.6 Å². The number of ether oxygens (including phenoxy) is 1. The Morgan fingerprint density at radius 2 is 2.14 bits per heavy atom. The van der Waals surface area contributed by atoms with Gasteiger partial charge in [-0.15, -0.1) is 0 Å². The molecule has 3 aliphatic rings. The number of hydrogen-bond donors (Lipinski definition) is 1. The van der Waals surface area contributed by atoms with Crippen LogP contribution in [0.5, 0.6) is 0 Å². The molecule has 2 aliphatic heterocycles. The van der Waals surface area contributed by atoms with Gasteiger partial charge in [-0.25, -0.2) is 4.98 Å². The summed E-state index contributed by atoms with van der Waals surface area (Å²) in [6, 6.07) is 1.29. The highest BCUT2D eigenvalue weighted by Gasteiger charge is 2.44. The summed E-state index contributed by atoms with van der Waals surface area (Å²) in [7, 11) is 0. The molecule has 1 aromatic rings. The fraction of sp³-hybridized carbons (Fsp3) is 0.688. The van der Waals surface area contributed by atoms with Crippen molar-refractivity contribution in [2.24, 2.45) is 0 Å². The molecule has 1 aliphatic carbocycles. The maximum atomic E-state index is 12.3. The molecule has 118 valence electrons. The van der Waals surface area contributed by atoms with Crippen LogP contribution in [0, 0.1) is 0 Å². The summed E-state index contributed by atoms with van der Waals surface area (Å²) in [5, 5.41) is 2.80. The first kappa shape index (κ1) is 14.1. The minimum absolute atomic E-state index is 0.0963. The largest absolute Gasteiger partial charge is 0.363 e. The first-order valence-electron chi connectivity index (χ1n) is 8.29. The highest BCUT2D eigenvalue weighted by Crippen LogP contribution is 2.37. The van der Waals surface area contributed by atoms with E-state index in [9.17, 15) is 4.79 Å². The number of nitrogens with zero attached hydrogens (tertiary/aromatic N) is 3. The minimum Gasteiger partial charge on any atom is -0.363 e. The lowest BCUT2D eigenvalue weighted by atomic mass is 9.89. The third-order valence-corrected chi connectivity index (χ3v) is 5.24. The Kier molecular flexibility index (Phi) is 3.80. The Hall–Kier alpha value is -1.53. The number of likely N-dealkylation sites (tertiary alicyclic amines) is 1. The molecule has 0 bridgehead atoms. The molecule has 1 N–H and O–H groups in total. The van der Waals surface area contributed by atoms with Gasteiger partial charge in [-0.1, -0.05) is 6.42 Å². The summed E-state index contributed by atoms with van der Waals surface area (Å²) < 4.78 is 6.09. The minimum atomic E-state index is -0.357. The monoisotopic (exact) mass is 302 g/mol. The van der Waals surface area contributed by atoms with Crippen LogP contribution in [0.15, 0.2) is 18.6 Å². The quantitative estimate of drug-likeness (QED) is 0.918. The van der Waals surface area contributed by atoms with Gasteiger partial charge in [0, 0.05) is 31.0 Å². The SMILES string of the molecule is O=C(Nc1cnccn1)[C@H]1CC[C@@H]2[C@@H](CCN2C2CCC2)O1. The van der Waals surface area contributed by atoms with E-state index in [2.05, 4.69) is 20.2 Å². The zero-order chi connectivity index (χ0) is 14.9. The predicted molar refractivity (Wildman–Crippen MR) is 81.3 cm³/mol. The first-order valence-corrected chi connectivity index (χ1v) is 8.29. The molecule has 0 aromatic carbocycles. The molecule has 4 rings (SSSR count). The number of carbonyl (C=O) groups excluding carboxylic acids is 1. The average Bonchev–Trinajstić information content (AvgIpc) is 2.90. The van der Waals surface area contributed by atoms with Crippen molar-refractivity contribution in [3.05, 3.63) is 18.6 Å². The van der Waals surface area contributed by atoms with Gasteiger partial charge in [0.2, 0.25) is 0 Å². The molecule has 3 atom stereocenters. The van der Waals surface area contributed by atoms with Crippen LogP contribution in [0.3, 0.4) is 0 Å². The van der Waals surface area contributed by atoms with Crippen LogP contribution in [0.25, 0.3) is 0 Å². The van der Waals surface area contributed by atoms with Gasteiger partial charge < -0.3 is 10.1 Å². The van der Waals surface area contributed by atoms with E-state index in [1.165, 1.54) is 19.3 Å². The lowest BCUT2D eigenvalue weighted by molar-refractivity contribution is -0.139. The Morgan fingerprint density at radius 1 is 1.23 bits per heavy atom. The van der Waals surface area contributed by atoms with Crippen molar-refractivity contribution in [1.82, 2.24) is 14.9 Å². The highest BCUT2D eigenvalue weighted by atomic mass is 16.5. The number of carbonyl (C=O) groups is 1. The van der Waals surface area contributed by atoms with Gasteiger partial charge in [0.05, 0.1) is 12.3 Å². The van der Waals surface area contributed by atoms with Crippen LogP contribution in [-0.2, 0) is 9.53 Å². The van der Waals surface area contributed by atoms with E-state index >= 15 is 0 Å². The molecule has 1 amide bonds. The maximum Gasteiger partial charge on any atom is 0.254 e. The molecule has 0 spiro atoms. The molecule has 0 radical (unpaired) electrons. The van der Waals surface area contributed by atoms with Gasteiger partial charge in [-0.2, -0.15) is 0 Å². The molecule has 3 fully saturated rings. The summed E-state index contributed by atoms with van der Waals surface area (Å²) in [5.41, 5.74) is 0. The van der Waals surface area contributed by atoms with Gasteiger partial charge in [0.25, 0.3) is 5.91 Å². The predicted octanol–water partition coefficient (Wildman–Crippen LogP) is 1.59. The van der Waals surface area contributed by atoms with Crippen LogP contribution in [-0.4, -0.2) is 51.6 Å². The molecule has 6 nitrogen and oxygen atoms in total. The van der Waals surface area contributed by atoms with Crippen LogP contribution in [0.4, 0.5) is 5.82 Å². The molecule has 2 saturated heterocycles. The summed E-state index contributed by atoms with van der Waals surface area (Å²) >= 11 is 0. The summed E-state index contributed by atoms with van der Waals surface area (Å²) in [4.78, 5) is 23.0. The zero-order valence-electron chi connectivity index (χ0n) is 12.6. The van der Waals surface area contributed by atoms with E-state index < -0.39 is 0 Å². The average molecular weight is 302 g/mol. The van der Waals surface area contributed by atoms with Crippen LogP contribution >= 0.6 is 0 Å². The molecule has 6 heteroatoms. The van der Waals surface area contributed by atoms with Crippen molar-refractivity contribution in [3.8, 4) is 0 Å². The molecular formula is C16H22N4O2. The smallest absolute Gasteiger partial charge is 0.254 e. The topological polar surface area (TPSA) is 67.4 Å². The lowest BCUT2D eigenvalue weighted by Crippen LogP contribution is -2.50. The fourth-order valence-corrected chi connectivity index (χ4v) is 3.89. The molecular weight excluding hydrogens is 280 g/mol. The van der Waals surface area contributed by atoms with E-state index in [1.807, 2.05) is 0 Å². The molecule has 1 aromatic heterocycles. The van der Waals surface area contributed by atoms with Crippen LogP contribution in [0.2, 0.25) is 0 Å². The number of nitrogens with one attached hydrogen (secondary N) is 1. The summed E-state index contributed by atoms with van der Waals surface area (Å²) in [6.07, 6.45) is 11.5. The van der Waals surface area contributed by atoms with E-state index in [-0.39, 0.29) is 18.1 Å². The molecule has 22 heavy (non-hydrogen) atoms. The van der Waals surface area contributed by atoms with Crippen molar-refractivity contribution in [1.29, 1.82) is 0 Å². The molecule has 1 saturated carbocycles. The second-order valence-corrected chi connectivity index (χ2v) is 6.50. The van der Waals surface area contributed by atoms with E-state index in [4.69, 9.17) is 4.74 Å². The number of fused-ring (bicyclic) bond motifs is 1. The maximum absolute atomic E-state index is 12.3. The number of aromatic nitrogens is 2. The van der Waals surface area contributed by atoms with Gasteiger partial charge in [-0.3, -0.25) is 14.7 Å². The Balaban J connectivity index is 1.35. The zero-order valence-corrected chi connectivity index (χ0v) is 12.6. The highest BCUT2D eigenvalue weighted by molar-refractivity contribution is 5.93. The number of rotatable bonds is 3. The van der Waals surface area contributed by atoms with Gasteiger partial charge in [0.15, 0.2) is 5.82 Å². The second-order valence-electron chi connectivity index (χ2n) is 6.50. The fourth-order valence-electron chi connectivity index (χ4n) is 3.89. The van der Waals surface area contributed by atoms with E-state index in [0.717, 1.165) is 31.8 Å². The third-order valence-electron chi connectivity index (χ3n) is 5.24. The third kappa shape index (κ3) is 2.61. The van der Waals surface area contributed by atoms with Crippen LogP contribution < -0.4 is 5.32 Å². The number of hydrogen-bond acceptors (Lipinski definition) is 5. The Labute approximate surface area is 130 Å². The van der Waals surface area contributed by atoms with Crippen molar-refractivity contribution < 1.29 is 9.53 Å². The Bertz CT molecular complexity index is 534. The normalized spacial score (nSPS) is 32.3. The van der Waals surface area contributed by atoms with Crippen molar-refractivity contribution >= 4 is 11.7 Å². The standard InChI is InChI=1S/C16H22N4O2/c21-16(19-15-10-17-7-8-18-15)14-5-4-12-13(22-14)6-9-20(12)11-2-1-3-11/h7-8,10-14H,1-6,9H2,(H,18,19,21)/t12-,13-,14-/m1/s1. The first-order chi connectivity index (χ1) is 10.8. The number of amides is 1. The second kappa shape index (κ2) is 5.93. The van der Waals surface area contributed by atoms with Crippen molar-refractivity contribution in [3.63, 3.8) is 0 Å². The van der Waals surface area contributed by atoms with Crippen molar-refractivity contribution in [2.75, 3.05) is 11.9 Å². The lowest BCUT2D eigenvalue weighted by Gasteiger charge is -2.42. The van der Waals surface area contributed by atoms with Crippen molar-refractivity contribution in [2.45, 2.75) is 62.8 Å². The summed E-state index contributed by atoms with van der Waals surface area (Å²) in [5.74, 6) is 0.391.